The van der Waals surface area contributed by atoms with Crippen LogP contribution in [0.4, 0.5) is 0 Å². The molecule has 0 aliphatic carbocycles. The van der Waals surface area contributed by atoms with E-state index >= 15 is 0 Å². The summed E-state index contributed by atoms with van der Waals surface area (Å²) < 4.78 is 8.21. The van der Waals surface area contributed by atoms with Gasteiger partial charge in [0.25, 0.3) is 0 Å². The Hall–Kier alpha value is -1.55. The molecule has 4 heteroatoms. The third-order valence-corrected chi connectivity index (χ3v) is 2.31. The normalized spacial score (nSPS) is 11.0. The first-order valence-corrected chi connectivity index (χ1v) is 4.39. The number of rotatable bonds is 2. The van der Waals surface area contributed by atoms with Gasteiger partial charge in [0.2, 0.25) is 0 Å². The van der Waals surface area contributed by atoms with E-state index in [4.69, 9.17) is 4.74 Å². The van der Waals surface area contributed by atoms with E-state index in [1.807, 2.05) is 24.3 Å². The molecule has 0 saturated heterocycles. The van der Waals surface area contributed by atoms with Gasteiger partial charge in [-0.1, -0.05) is 12.1 Å². The third kappa shape index (κ3) is 1.15. The highest BCUT2D eigenvalue weighted by Crippen LogP contribution is 2.10. The number of aromatic nitrogens is 2. The number of para-hydroxylation sites is 2. The Morgan fingerprint density at radius 1 is 1.29 bits per heavy atom. The molecular formula is C10H12N2O2. The van der Waals surface area contributed by atoms with Gasteiger partial charge in [0, 0.05) is 14.2 Å². The summed E-state index contributed by atoms with van der Waals surface area (Å²) in [5, 5.41) is 0. The lowest BCUT2D eigenvalue weighted by Crippen LogP contribution is -2.22. The average Bonchev–Trinajstić information content (AvgIpc) is 2.45. The summed E-state index contributed by atoms with van der Waals surface area (Å²) in [7, 11) is 3.34. The zero-order chi connectivity index (χ0) is 10.1. The number of hydrogen-bond donors (Lipinski definition) is 0. The fraction of sp³-hybridized carbons (Fsp3) is 0.300. The summed E-state index contributed by atoms with van der Waals surface area (Å²) in [4.78, 5) is 11.7. The molecule has 1 aromatic heterocycles. The van der Waals surface area contributed by atoms with Crippen LogP contribution < -0.4 is 5.69 Å². The molecular weight excluding hydrogens is 180 g/mol. The first kappa shape index (κ1) is 9.02. The summed E-state index contributed by atoms with van der Waals surface area (Å²) in [6.07, 6.45) is 0. The number of fused-ring (bicyclic) bond motifs is 1. The second kappa shape index (κ2) is 3.31. The van der Waals surface area contributed by atoms with Gasteiger partial charge in [0.05, 0.1) is 11.0 Å². The van der Waals surface area contributed by atoms with Crippen molar-refractivity contribution in [1.82, 2.24) is 9.13 Å². The monoisotopic (exact) mass is 192 g/mol. The molecule has 0 amide bonds. The Morgan fingerprint density at radius 3 is 2.57 bits per heavy atom. The van der Waals surface area contributed by atoms with E-state index in [1.54, 1.807) is 23.3 Å². The third-order valence-electron chi connectivity index (χ3n) is 2.31. The number of imidazole rings is 1. The van der Waals surface area contributed by atoms with Crippen molar-refractivity contribution < 1.29 is 4.74 Å². The van der Waals surface area contributed by atoms with Crippen molar-refractivity contribution in [2.45, 2.75) is 6.73 Å². The lowest BCUT2D eigenvalue weighted by molar-refractivity contribution is 0.131. The SMILES string of the molecule is COCn1c(=O)n(C)c2ccccc21. The number of aryl methyl sites for hydroxylation is 1. The van der Waals surface area contributed by atoms with Crippen molar-refractivity contribution in [2.24, 2.45) is 7.05 Å². The van der Waals surface area contributed by atoms with Gasteiger partial charge in [-0.3, -0.25) is 9.13 Å². The Balaban J connectivity index is 2.81. The van der Waals surface area contributed by atoms with Crippen LogP contribution in [0.3, 0.4) is 0 Å². The van der Waals surface area contributed by atoms with Gasteiger partial charge in [-0.25, -0.2) is 4.79 Å². The highest BCUT2D eigenvalue weighted by molar-refractivity contribution is 5.75. The van der Waals surface area contributed by atoms with E-state index < -0.39 is 0 Å². The average molecular weight is 192 g/mol. The standard InChI is InChI=1S/C10H12N2O2/c1-11-8-5-3-4-6-9(8)12(7-14-2)10(11)13/h3-6H,7H2,1-2H3. The second-order valence-electron chi connectivity index (χ2n) is 3.18. The highest BCUT2D eigenvalue weighted by atomic mass is 16.5. The lowest BCUT2D eigenvalue weighted by Gasteiger charge is -1.99. The minimum absolute atomic E-state index is 0.0481. The Kier molecular flexibility index (Phi) is 2.13. The quantitative estimate of drug-likeness (QED) is 0.710. The highest BCUT2D eigenvalue weighted by Gasteiger charge is 2.08. The van der Waals surface area contributed by atoms with Crippen LogP contribution in [0, 0.1) is 0 Å². The van der Waals surface area contributed by atoms with E-state index in [9.17, 15) is 4.79 Å². The van der Waals surface area contributed by atoms with Crippen LogP contribution in [-0.4, -0.2) is 16.2 Å². The summed E-state index contributed by atoms with van der Waals surface area (Å²) >= 11 is 0. The minimum atomic E-state index is -0.0481. The fourth-order valence-electron chi connectivity index (χ4n) is 1.62. The summed E-state index contributed by atoms with van der Waals surface area (Å²) in [5.74, 6) is 0. The van der Waals surface area contributed by atoms with Crippen molar-refractivity contribution in [3.63, 3.8) is 0 Å². The van der Waals surface area contributed by atoms with Crippen LogP contribution in [0.5, 0.6) is 0 Å². The van der Waals surface area contributed by atoms with Crippen LogP contribution >= 0.6 is 0 Å². The Labute approximate surface area is 81.3 Å². The number of nitrogens with zero attached hydrogens (tertiary/aromatic N) is 2. The van der Waals surface area contributed by atoms with Crippen molar-refractivity contribution in [3.8, 4) is 0 Å². The first-order chi connectivity index (χ1) is 6.75. The molecule has 0 aliphatic rings. The molecule has 14 heavy (non-hydrogen) atoms. The van der Waals surface area contributed by atoms with Gasteiger partial charge in [-0.15, -0.1) is 0 Å². The Bertz CT molecular complexity index is 510. The molecule has 0 fully saturated rings. The van der Waals surface area contributed by atoms with Gasteiger partial charge in [0.1, 0.15) is 6.73 Å². The summed E-state index contributed by atoms with van der Waals surface area (Å²) in [6, 6.07) is 7.66. The molecule has 0 spiro atoms. The van der Waals surface area contributed by atoms with E-state index in [2.05, 4.69) is 0 Å². The van der Waals surface area contributed by atoms with Crippen molar-refractivity contribution in [3.05, 3.63) is 34.7 Å². The van der Waals surface area contributed by atoms with E-state index in [-0.39, 0.29) is 5.69 Å². The van der Waals surface area contributed by atoms with E-state index in [0.717, 1.165) is 11.0 Å². The van der Waals surface area contributed by atoms with Gasteiger partial charge in [-0.05, 0) is 12.1 Å². The topological polar surface area (TPSA) is 36.2 Å². The number of hydrogen-bond acceptors (Lipinski definition) is 2. The van der Waals surface area contributed by atoms with Gasteiger partial charge < -0.3 is 4.74 Å². The molecule has 1 heterocycles. The molecule has 4 nitrogen and oxygen atoms in total. The molecule has 0 N–H and O–H groups in total. The van der Waals surface area contributed by atoms with Crippen LogP contribution in [0.15, 0.2) is 29.1 Å². The van der Waals surface area contributed by atoms with Crippen LogP contribution in [0.1, 0.15) is 0 Å². The van der Waals surface area contributed by atoms with Crippen LogP contribution in [-0.2, 0) is 18.5 Å². The predicted molar refractivity (Wildman–Crippen MR) is 54.2 cm³/mol. The van der Waals surface area contributed by atoms with Gasteiger partial charge >= 0.3 is 5.69 Å². The minimum Gasteiger partial charge on any atom is -0.364 e. The molecule has 0 bridgehead atoms. The molecule has 0 saturated carbocycles. The van der Waals surface area contributed by atoms with Crippen molar-refractivity contribution >= 4 is 11.0 Å². The van der Waals surface area contributed by atoms with Crippen LogP contribution in [0.2, 0.25) is 0 Å². The maximum atomic E-state index is 11.7. The molecule has 0 atom stereocenters. The lowest BCUT2D eigenvalue weighted by atomic mass is 10.3. The maximum Gasteiger partial charge on any atom is 0.330 e. The molecule has 0 unspecified atom stereocenters. The molecule has 2 rings (SSSR count). The number of methoxy groups -OCH3 is 1. The molecule has 2 aromatic rings. The van der Waals surface area contributed by atoms with Gasteiger partial charge in [0.15, 0.2) is 0 Å². The molecule has 74 valence electrons. The van der Waals surface area contributed by atoms with Gasteiger partial charge in [-0.2, -0.15) is 0 Å². The fourth-order valence-corrected chi connectivity index (χ4v) is 1.62. The zero-order valence-corrected chi connectivity index (χ0v) is 8.23. The van der Waals surface area contributed by atoms with Crippen LogP contribution in [0.25, 0.3) is 11.0 Å². The van der Waals surface area contributed by atoms with E-state index in [1.165, 1.54) is 0 Å². The molecule has 0 aliphatic heterocycles. The summed E-state index contributed by atoms with van der Waals surface area (Å²) in [5.41, 5.74) is 1.78. The Morgan fingerprint density at radius 2 is 1.93 bits per heavy atom. The number of ether oxygens (including phenoxy) is 1. The largest absolute Gasteiger partial charge is 0.364 e. The van der Waals surface area contributed by atoms with Crippen molar-refractivity contribution in [2.75, 3.05) is 7.11 Å². The second-order valence-corrected chi connectivity index (χ2v) is 3.18. The van der Waals surface area contributed by atoms with E-state index in [0.29, 0.717) is 6.73 Å². The van der Waals surface area contributed by atoms with Crippen molar-refractivity contribution in [1.29, 1.82) is 0 Å². The molecule has 0 radical (unpaired) electrons. The zero-order valence-electron chi connectivity index (χ0n) is 8.23. The first-order valence-electron chi connectivity index (χ1n) is 4.39. The number of benzene rings is 1. The smallest absolute Gasteiger partial charge is 0.330 e. The molecule has 1 aromatic carbocycles. The summed E-state index contributed by atoms with van der Waals surface area (Å²) in [6.45, 7) is 0.292. The maximum absolute atomic E-state index is 11.7. The predicted octanol–water partition coefficient (Wildman–Crippen LogP) is 0.944.